The molecule has 0 spiro atoms. The zero-order valence-electron chi connectivity index (χ0n) is 41.5. The van der Waals surface area contributed by atoms with Crippen LogP contribution in [-0.4, -0.2) is 82.2 Å². The van der Waals surface area contributed by atoms with Crippen LogP contribution < -0.4 is 10.4 Å². The SMILES string of the molecule is CCCC[C@@H](O[C@@H]1O[C@H](COC(=O)C(C)(C)C)[C@@H](OC(=O)C(C)(C)C)[C@H](OC(=O)C(C)(C)C)[C@H]1OC(=O)C(C)(C)C)[C@@H](C)CCO[Si](c1ccccc1)(c1ccccc1)C(C)(C)C. The maximum Gasteiger partial charge on any atom is 0.311 e. The lowest BCUT2D eigenvalue weighted by Crippen LogP contribution is -2.66. The Hall–Kier alpha value is -3.58. The Morgan fingerprint density at radius 3 is 1.44 bits per heavy atom. The van der Waals surface area contributed by atoms with Gasteiger partial charge >= 0.3 is 23.9 Å². The molecule has 1 saturated heterocycles. The molecule has 3 rings (SSSR count). The largest absolute Gasteiger partial charge is 0.462 e. The molecule has 0 unspecified atom stereocenters. The summed E-state index contributed by atoms with van der Waals surface area (Å²) in [6.45, 7) is 31.6. The summed E-state index contributed by atoms with van der Waals surface area (Å²) in [6, 6.07) is 21.0. The highest BCUT2D eigenvalue weighted by atomic mass is 28.4. The molecule has 0 radical (unpaired) electrons. The van der Waals surface area contributed by atoms with Crippen molar-refractivity contribution in [3.05, 3.63) is 60.7 Å². The smallest absolute Gasteiger partial charge is 0.311 e. The Balaban J connectivity index is 2.15. The quantitative estimate of drug-likeness (QED) is 0.0855. The van der Waals surface area contributed by atoms with Gasteiger partial charge in [0.25, 0.3) is 8.32 Å². The minimum absolute atomic E-state index is 0.0958. The van der Waals surface area contributed by atoms with Gasteiger partial charge in [0.1, 0.15) is 12.7 Å². The van der Waals surface area contributed by atoms with Crippen molar-refractivity contribution in [3.8, 4) is 0 Å². The number of hydrogen-bond donors (Lipinski definition) is 0. The Labute approximate surface area is 380 Å². The molecule has 1 fully saturated rings. The first-order valence-electron chi connectivity index (χ1n) is 22.8. The molecule has 0 N–H and O–H groups in total. The molecule has 0 aromatic heterocycles. The van der Waals surface area contributed by atoms with Crippen LogP contribution in [0.2, 0.25) is 5.04 Å². The van der Waals surface area contributed by atoms with E-state index < -0.39 is 90.7 Å². The molecule has 2 aromatic carbocycles. The average Bonchev–Trinajstić information content (AvgIpc) is 3.17. The van der Waals surface area contributed by atoms with Crippen molar-refractivity contribution in [2.45, 2.75) is 185 Å². The van der Waals surface area contributed by atoms with Crippen molar-refractivity contribution < 1.29 is 52.0 Å². The number of esters is 4. The molecular formula is C51H80O11Si. The van der Waals surface area contributed by atoms with Gasteiger partial charge in [-0.15, -0.1) is 0 Å². The van der Waals surface area contributed by atoms with Gasteiger partial charge in [0.15, 0.2) is 24.6 Å². The molecule has 1 heterocycles. The molecule has 0 bridgehead atoms. The van der Waals surface area contributed by atoms with Crippen molar-refractivity contribution in [3.63, 3.8) is 0 Å². The second-order valence-corrected chi connectivity index (χ2v) is 26.7. The molecule has 11 nitrogen and oxygen atoms in total. The van der Waals surface area contributed by atoms with Gasteiger partial charge in [-0.25, -0.2) is 0 Å². The van der Waals surface area contributed by atoms with Gasteiger partial charge in [0.05, 0.1) is 27.8 Å². The molecule has 12 heteroatoms. The number of ether oxygens (including phenoxy) is 6. The van der Waals surface area contributed by atoms with E-state index in [2.05, 4.69) is 83.1 Å². The van der Waals surface area contributed by atoms with Gasteiger partial charge < -0.3 is 32.8 Å². The van der Waals surface area contributed by atoms with Crippen LogP contribution in [0, 0.1) is 27.6 Å². The van der Waals surface area contributed by atoms with Crippen molar-refractivity contribution >= 4 is 42.6 Å². The summed E-state index contributed by atoms with van der Waals surface area (Å²) >= 11 is 0. The Bertz CT molecular complexity index is 1740. The molecule has 7 atom stereocenters. The van der Waals surface area contributed by atoms with Gasteiger partial charge in [-0.2, -0.15) is 0 Å². The van der Waals surface area contributed by atoms with Gasteiger partial charge in [-0.05, 0) is 117 Å². The number of carbonyl (C=O) groups excluding carboxylic acids is 4. The van der Waals surface area contributed by atoms with E-state index in [-0.39, 0.29) is 17.6 Å². The Morgan fingerprint density at radius 2 is 1.03 bits per heavy atom. The maximum atomic E-state index is 13.9. The van der Waals surface area contributed by atoms with Crippen LogP contribution >= 0.6 is 0 Å². The summed E-state index contributed by atoms with van der Waals surface area (Å²) in [6.07, 6.45) is -4.08. The third-order valence-electron chi connectivity index (χ3n) is 11.2. The van der Waals surface area contributed by atoms with E-state index in [0.717, 1.165) is 12.8 Å². The van der Waals surface area contributed by atoms with Crippen LogP contribution in [0.5, 0.6) is 0 Å². The highest BCUT2D eigenvalue weighted by Crippen LogP contribution is 2.39. The summed E-state index contributed by atoms with van der Waals surface area (Å²) in [5.41, 5.74) is -3.81. The van der Waals surface area contributed by atoms with Crippen LogP contribution in [0.3, 0.4) is 0 Å². The van der Waals surface area contributed by atoms with Crippen molar-refractivity contribution in [1.82, 2.24) is 0 Å². The van der Waals surface area contributed by atoms with Gasteiger partial charge in [-0.3, -0.25) is 19.2 Å². The van der Waals surface area contributed by atoms with E-state index in [4.69, 9.17) is 32.8 Å². The van der Waals surface area contributed by atoms with Crippen LogP contribution in [-0.2, 0) is 52.0 Å². The predicted molar refractivity (Wildman–Crippen MR) is 249 cm³/mol. The standard InChI is InChI=1S/C51H80O11Si/c1-18-19-30-37(34(2)31-32-57-63(51(15,16)17,35-26-22-20-23-27-35)36-28-24-21-25-29-36)58-42-41(62-46(55)50(12,13)14)40(61-45(54)49(9,10)11)39(60-44(53)48(6,7)8)38(59-42)33-56-43(52)47(3,4)5/h20-29,34,37-42H,18-19,30-33H2,1-17H3/t34-,37+,38+,39+,40-,41+,42+/m0/s1. The Kier molecular flexibility index (Phi) is 18.4. The maximum absolute atomic E-state index is 13.9. The fourth-order valence-electron chi connectivity index (χ4n) is 7.21. The van der Waals surface area contributed by atoms with E-state index >= 15 is 0 Å². The molecule has 354 valence electrons. The molecule has 0 aliphatic carbocycles. The van der Waals surface area contributed by atoms with Crippen LogP contribution in [0.1, 0.15) is 143 Å². The lowest BCUT2D eigenvalue weighted by molar-refractivity contribution is -0.323. The predicted octanol–water partition coefficient (Wildman–Crippen LogP) is 9.35. The van der Waals surface area contributed by atoms with E-state index in [0.29, 0.717) is 19.4 Å². The molecule has 2 aromatic rings. The van der Waals surface area contributed by atoms with Gasteiger partial charge in [0.2, 0.25) is 0 Å². The first-order chi connectivity index (χ1) is 28.9. The summed E-state index contributed by atoms with van der Waals surface area (Å²) in [4.78, 5) is 54.7. The Morgan fingerprint density at radius 1 is 0.603 bits per heavy atom. The highest BCUT2D eigenvalue weighted by Gasteiger charge is 2.56. The fourth-order valence-corrected chi connectivity index (χ4v) is 11.8. The zero-order chi connectivity index (χ0) is 47.8. The number of unbranched alkanes of at least 4 members (excludes halogenated alkanes) is 1. The minimum atomic E-state index is -2.84. The lowest BCUT2D eigenvalue weighted by Gasteiger charge is -2.47. The molecule has 1 aliphatic rings. The summed E-state index contributed by atoms with van der Waals surface area (Å²) in [5.74, 6) is -2.44. The topological polar surface area (TPSA) is 133 Å². The van der Waals surface area contributed by atoms with Gasteiger partial charge in [0, 0.05) is 6.61 Å². The minimum Gasteiger partial charge on any atom is -0.462 e. The lowest BCUT2D eigenvalue weighted by atomic mass is 9.92. The number of rotatable bonds is 17. The average molecular weight is 897 g/mol. The van der Waals surface area contributed by atoms with Crippen LogP contribution in [0.4, 0.5) is 0 Å². The number of hydrogen-bond acceptors (Lipinski definition) is 11. The van der Waals surface area contributed by atoms with E-state index in [1.54, 1.807) is 83.1 Å². The first kappa shape index (κ1) is 53.8. The third-order valence-corrected chi connectivity index (χ3v) is 16.3. The van der Waals surface area contributed by atoms with Crippen LogP contribution in [0.15, 0.2) is 60.7 Å². The summed E-state index contributed by atoms with van der Waals surface area (Å²) < 4.78 is 45.5. The van der Waals surface area contributed by atoms with E-state index in [9.17, 15) is 19.2 Å². The van der Waals surface area contributed by atoms with Crippen molar-refractivity contribution in [2.75, 3.05) is 13.2 Å². The molecule has 0 saturated carbocycles. The number of carbonyl (C=O) groups is 4. The second-order valence-electron chi connectivity index (χ2n) is 22.3. The van der Waals surface area contributed by atoms with Crippen molar-refractivity contribution in [1.29, 1.82) is 0 Å². The third kappa shape index (κ3) is 14.5. The van der Waals surface area contributed by atoms with E-state index in [1.165, 1.54) is 10.4 Å². The summed E-state index contributed by atoms with van der Waals surface area (Å²) in [5, 5.41) is 2.16. The number of benzene rings is 2. The molecule has 1 aliphatic heterocycles. The fraction of sp³-hybridized carbons (Fsp3) is 0.686. The second kappa shape index (κ2) is 21.6. The molecule has 0 amide bonds. The van der Waals surface area contributed by atoms with Crippen LogP contribution in [0.25, 0.3) is 0 Å². The monoisotopic (exact) mass is 897 g/mol. The van der Waals surface area contributed by atoms with Crippen molar-refractivity contribution in [2.24, 2.45) is 27.6 Å². The first-order valence-corrected chi connectivity index (χ1v) is 24.7. The van der Waals surface area contributed by atoms with E-state index in [1.807, 2.05) is 12.1 Å². The molecular weight excluding hydrogens is 817 g/mol. The highest BCUT2D eigenvalue weighted by molar-refractivity contribution is 6.99. The summed E-state index contributed by atoms with van der Waals surface area (Å²) in [7, 11) is -2.84. The zero-order valence-corrected chi connectivity index (χ0v) is 42.5. The molecule has 63 heavy (non-hydrogen) atoms. The normalized spacial score (nSPS) is 21.2. The van der Waals surface area contributed by atoms with Gasteiger partial charge in [-0.1, -0.05) is 108 Å².